The van der Waals surface area contributed by atoms with Gasteiger partial charge in [-0.2, -0.15) is 0 Å². The van der Waals surface area contributed by atoms with Crippen LogP contribution in [-0.4, -0.2) is 0 Å². The van der Waals surface area contributed by atoms with E-state index in [0.29, 0.717) is 0 Å². The Morgan fingerprint density at radius 2 is 1.80 bits per heavy atom. The van der Waals surface area contributed by atoms with Crippen molar-refractivity contribution in [2.24, 2.45) is 0 Å². The van der Waals surface area contributed by atoms with E-state index >= 15 is 0 Å². The third-order valence-electron chi connectivity index (χ3n) is 2.01. The Morgan fingerprint density at radius 1 is 1.13 bits per heavy atom. The standard InChI is InChI=1S/C11H7BrClIS/c12-10-6-5-9(15-10)11(13)7-1-3-8(14)4-2-7/h1-6,11H. The van der Waals surface area contributed by atoms with E-state index in [1.807, 2.05) is 6.07 Å². The normalized spacial score (nSPS) is 12.7. The molecule has 4 heteroatoms. The molecule has 0 radical (unpaired) electrons. The second-order valence-corrected chi connectivity index (χ2v) is 7.23. The molecule has 1 unspecified atom stereocenters. The Kier molecular flexibility index (Phi) is 4.10. The summed E-state index contributed by atoms with van der Waals surface area (Å²) in [6, 6.07) is 12.4. The molecular weight excluding hydrogens is 406 g/mol. The highest BCUT2D eigenvalue weighted by Crippen LogP contribution is 2.35. The topological polar surface area (TPSA) is 0 Å². The number of hydrogen-bond donors (Lipinski definition) is 0. The molecule has 0 aliphatic carbocycles. The summed E-state index contributed by atoms with van der Waals surface area (Å²) in [6.07, 6.45) is 0. The van der Waals surface area contributed by atoms with Gasteiger partial charge in [0.25, 0.3) is 0 Å². The van der Waals surface area contributed by atoms with Crippen LogP contribution < -0.4 is 0 Å². The van der Waals surface area contributed by atoms with Gasteiger partial charge in [0.05, 0.1) is 9.16 Å². The number of rotatable bonds is 2. The van der Waals surface area contributed by atoms with Crippen molar-refractivity contribution in [3.05, 3.63) is 54.2 Å². The maximum Gasteiger partial charge on any atom is 0.0928 e. The van der Waals surface area contributed by atoms with Gasteiger partial charge in [0.15, 0.2) is 0 Å². The Bertz CT molecular complexity index is 452. The fourth-order valence-electron chi connectivity index (χ4n) is 1.26. The first-order valence-corrected chi connectivity index (χ1v) is 7.44. The Hall–Kier alpha value is 0.420. The summed E-state index contributed by atoms with van der Waals surface area (Å²) in [4.78, 5) is 1.17. The van der Waals surface area contributed by atoms with Gasteiger partial charge in [-0.3, -0.25) is 0 Å². The van der Waals surface area contributed by atoms with E-state index in [4.69, 9.17) is 11.6 Å². The van der Waals surface area contributed by atoms with E-state index < -0.39 is 0 Å². The van der Waals surface area contributed by atoms with E-state index in [2.05, 4.69) is 68.9 Å². The van der Waals surface area contributed by atoms with Gasteiger partial charge >= 0.3 is 0 Å². The summed E-state index contributed by atoms with van der Waals surface area (Å²) in [5.74, 6) is 0. The fourth-order valence-corrected chi connectivity index (χ4v) is 3.40. The third-order valence-corrected chi connectivity index (χ3v) is 5.03. The SMILES string of the molecule is ClC(c1ccc(I)cc1)c1ccc(Br)s1. The van der Waals surface area contributed by atoms with E-state index in [1.165, 1.54) is 8.45 Å². The van der Waals surface area contributed by atoms with E-state index in [0.717, 1.165) is 9.35 Å². The molecule has 1 atom stereocenters. The quantitative estimate of drug-likeness (QED) is 0.454. The minimum absolute atomic E-state index is 0.0432. The van der Waals surface area contributed by atoms with Crippen molar-refractivity contribution in [2.75, 3.05) is 0 Å². The molecular formula is C11H7BrClIS. The van der Waals surface area contributed by atoms with Crippen LogP contribution in [0, 0.1) is 3.57 Å². The van der Waals surface area contributed by atoms with Crippen molar-refractivity contribution >= 4 is 61.5 Å². The molecule has 78 valence electrons. The summed E-state index contributed by atoms with van der Waals surface area (Å²) in [6.45, 7) is 0. The summed E-state index contributed by atoms with van der Waals surface area (Å²) >= 11 is 13.8. The van der Waals surface area contributed by atoms with E-state index in [9.17, 15) is 0 Å². The van der Waals surface area contributed by atoms with Gasteiger partial charge in [0.1, 0.15) is 0 Å². The molecule has 0 saturated carbocycles. The first kappa shape index (κ1) is 11.9. The highest BCUT2D eigenvalue weighted by molar-refractivity contribution is 14.1. The number of thiophene rings is 1. The first-order valence-electron chi connectivity index (χ1n) is 4.31. The zero-order valence-electron chi connectivity index (χ0n) is 7.58. The highest BCUT2D eigenvalue weighted by Gasteiger charge is 2.12. The molecule has 0 spiro atoms. The molecule has 1 aromatic carbocycles. The molecule has 1 aromatic heterocycles. The minimum atomic E-state index is -0.0432. The average molecular weight is 414 g/mol. The Balaban J connectivity index is 2.28. The molecule has 2 rings (SSSR count). The van der Waals surface area contributed by atoms with Crippen molar-refractivity contribution in [3.8, 4) is 0 Å². The van der Waals surface area contributed by atoms with Crippen LogP contribution in [0.25, 0.3) is 0 Å². The Morgan fingerprint density at radius 3 is 2.33 bits per heavy atom. The van der Waals surface area contributed by atoms with Gasteiger partial charge < -0.3 is 0 Å². The van der Waals surface area contributed by atoms with Crippen LogP contribution in [0.1, 0.15) is 15.8 Å². The zero-order valence-corrected chi connectivity index (χ0v) is 12.9. The van der Waals surface area contributed by atoms with Crippen LogP contribution >= 0.6 is 61.5 Å². The second-order valence-electron chi connectivity index (χ2n) is 3.06. The van der Waals surface area contributed by atoms with E-state index in [1.54, 1.807) is 11.3 Å². The van der Waals surface area contributed by atoms with Crippen molar-refractivity contribution in [3.63, 3.8) is 0 Å². The molecule has 0 amide bonds. The molecule has 0 saturated heterocycles. The molecule has 0 nitrogen and oxygen atoms in total. The molecule has 2 aromatic rings. The predicted octanol–water partition coefficient (Wildman–Crippen LogP) is 5.44. The molecule has 0 bridgehead atoms. The van der Waals surface area contributed by atoms with Gasteiger partial charge in [0.2, 0.25) is 0 Å². The molecule has 0 aliphatic heterocycles. The van der Waals surface area contributed by atoms with Crippen LogP contribution in [0.15, 0.2) is 40.2 Å². The lowest BCUT2D eigenvalue weighted by Crippen LogP contribution is -1.89. The zero-order chi connectivity index (χ0) is 10.8. The van der Waals surface area contributed by atoms with Gasteiger partial charge in [-0.25, -0.2) is 0 Å². The van der Waals surface area contributed by atoms with Crippen LogP contribution in [0.3, 0.4) is 0 Å². The van der Waals surface area contributed by atoms with Gasteiger partial charge in [0, 0.05) is 8.45 Å². The highest BCUT2D eigenvalue weighted by atomic mass is 127. The number of hydrogen-bond acceptors (Lipinski definition) is 1. The first-order chi connectivity index (χ1) is 7.16. The Labute approximate surface area is 120 Å². The van der Waals surface area contributed by atoms with Crippen LogP contribution in [0.2, 0.25) is 0 Å². The predicted molar refractivity (Wildman–Crippen MR) is 78.9 cm³/mol. The van der Waals surface area contributed by atoms with Crippen molar-refractivity contribution in [1.29, 1.82) is 0 Å². The van der Waals surface area contributed by atoms with Crippen LogP contribution in [0.5, 0.6) is 0 Å². The second kappa shape index (κ2) is 5.17. The maximum atomic E-state index is 6.38. The third kappa shape index (κ3) is 2.96. The summed E-state index contributed by atoms with van der Waals surface area (Å²) in [5.41, 5.74) is 1.14. The summed E-state index contributed by atoms with van der Waals surface area (Å²) < 4.78 is 2.35. The van der Waals surface area contributed by atoms with E-state index in [-0.39, 0.29) is 5.38 Å². The summed E-state index contributed by atoms with van der Waals surface area (Å²) in [5, 5.41) is -0.0432. The van der Waals surface area contributed by atoms with Crippen LogP contribution in [-0.2, 0) is 0 Å². The minimum Gasteiger partial charge on any atom is -0.131 e. The van der Waals surface area contributed by atoms with Crippen molar-refractivity contribution in [2.45, 2.75) is 5.38 Å². The molecule has 1 heterocycles. The average Bonchev–Trinajstić information content (AvgIpc) is 2.65. The van der Waals surface area contributed by atoms with Gasteiger partial charge in [-0.05, 0) is 68.3 Å². The van der Waals surface area contributed by atoms with Crippen molar-refractivity contribution in [1.82, 2.24) is 0 Å². The molecule has 0 aliphatic rings. The van der Waals surface area contributed by atoms with Crippen molar-refractivity contribution < 1.29 is 0 Å². The fraction of sp³-hybridized carbons (Fsp3) is 0.0909. The lowest BCUT2D eigenvalue weighted by molar-refractivity contribution is 1.18. The number of benzene rings is 1. The maximum absolute atomic E-state index is 6.38. The molecule has 0 fully saturated rings. The number of alkyl halides is 1. The molecule has 15 heavy (non-hydrogen) atoms. The smallest absolute Gasteiger partial charge is 0.0928 e. The largest absolute Gasteiger partial charge is 0.131 e. The molecule has 0 N–H and O–H groups in total. The lowest BCUT2D eigenvalue weighted by atomic mass is 10.1. The summed E-state index contributed by atoms with van der Waals surface area (Å²) in [7, 11) is 0. The number of halogens is 3. The lowest BCUT2D eigenvalue weighted by Gasteiger charge is -2.07. The van der Waals surface area contributed by atoms with Crippen LogP contribution in [0.4, 0.5) is 0 Å². The van der Waals surface area contributed by atoms with Gasteiger partial charge in [-0.1, -0.05) is 12.1 Å². The monoisotopic (exact) mass is 412 g/mol. The van der Waals surface area contributed by atoms with Gasteiger partial charge in [-0.15, -0.1) is 22.9 Å².